The summed E-state index contributed by atoms with van der Waals surface area (Å²) in [5.74, 6) is -0.906. The fraction of sp³-hybridized carbons (Fsp3) is 0.364. The molecule has 0 saturated carbocycles. The first-order valence-electron chi connectivity index (χ1n) is 4.92. The van der Waals surface area contributed by atoms with E-state index in [0.717, 1.165) is 5.56 Å². The predicted octanol–water partition coefficient (Wildman–Crippen LogP) is 1.13. The average molecular weight is 207 g/mol. The van der Waals surface area contributed by atoms with Crippen molar-refractivity contribution < 1.29 is 15.0 Å². The minimum atomic E-state index is -0.777. The lowest BCUT2D eigenvalue weighted by atomic mass is 9.99. The molecule has 0 aromatic heterocycles. The number of phenols is 1. The minimum Gasteiger partial charge on any atom is -0.508 e. The molecule has 1 fully saturated rings. The third-order valence-corrected chi connectivity index (χ3v) is 2.79. The van der Waals surface area contributed by atoms with Crippen molar-refractivity contribution in [3.8, 4) is 5.75 Å². The first-order chi connectivity index (χ1) is 7.18. The van der Waals surface area contributed by atoms with Crippen molar-refractivity contribution in [2.75, 3.05) is 6.54 Å². The normalized spacial score (nSPS) is 25.3. The number of aromatic hydroxyl groups is 1. The summed E-state index contributed by atoms with van der Waals surface area (Å²) in [6.45, 7) is 0.467. The second-order valence-electron chi connectivity index (χ2n) is 3.79. The van der Waals surface area contributed by atoms with Crippen LogP contribution in [-0.4, -0.2) is 22.7 Å². The van der Waals surface area contributed by atoms with E-state index in [1.54, 1.807) is 12.1 Å². The highest BCUT2D eigenvalue weighted by atomic mass is 16.4. The van der Waals surface area contributed by atoms with E-state index in [1.165, 1.54) is 0 Å². The van der Waals surface area contributed by atoms with Gasteiger partial charge in [-0.1, -0.05) is 18.2 Å². The number of nitrogens with one attached hydrogen (secondary N) is 1. The number of benzene rings is 1. The van der Waals surface area contributed by atoms with Gasteiger partial charge in [0.05, 0.1) is 5.92 Å². The molecule has 1 aliphatic rings. The fourth-order valence-corrected chi connectivity index (χ4v) is 1.94. The van der Waals surface area contributed by atoms with E-state index in [2.05, 4.69) is 5.32 Å². The second-order valence-corrected chi connectivity index (χ2v) is 3.79. The van der Waals surface area contributed by atoms with Crippen LogP contribution in [0.3, 0.4) is 0 Å². The number of carboxylic acids is 1. The molecule has 2 rings (SSSR count). The molecule has 3 N–H and O–H groups in total. The summed E-state index contributed by atoms with van der Waals surface area (Å²) in [7, 11) is 0. The van der Waals surface area contributed by atoms with Gasteiger partial charge in [0.1, 0.15) is 5.75 Å². The standard InChI is InChI=1S/C11H13NO3/c13-10-4-2-1-3-8(10)9-5-7(6-12-9)11(14)15/h1-4,7,9,12-13H,5-6H2,(H,14,15). The summed E-state index contributed by atoms with van der Waals surface area (Å²) in [4.78, 5) is 10.8. The number of rotatable bonds is 2. The van der Waals surface area contributed by atoms with Gasteiger partial charge in [0.15, 0.2) is 0 Å². The molecule has 1 aliphatic heterocycles. The highest BCUT2D eigenvalue weighted by Gasteiger charge is 2.31. The molecule has 1 aromatic rings. The molecule has 2 unspecified atom stereocenters. The Morgan fingerprint density at radius 3 is 2.73 bits per heavy atom. The van der Waals surface area contributed by atoms with Crippen molar-refractivity contribution in [1.29, 1.82) is 0 Å². The molecular weight excluding hydrogens is 194 g/mol. The van der Waals surface area contributed by atoms with Gasteiger partial charge in [0, 0.05) is 18.2 Å². The lowest BCUT2D eigenvalue weighted by Crippen LogP contribution is -2.17. The van der Waals surface area contributed by atoms with Crippen LogP contribution < -0.4 is 5.32 Å². The topological polar surface area (TPSA) is 69.6 Å². The Balaban J connectivity index is 2.14. The quantitative estimate of drug-likeness (QED) is 0.680. The van der Waals surface area contributed by atoms with E-state index in [-0.39, 0.29) is 17.7 Å². The molecular formula is C11H13NO3. The Hall–Kier alpha value is -1.55. The Labute approximate surface area is 87.6 Å². The molecule has 4 nitrogen and oxygen atoms in total. The Morgan fingerprint density at radius 1 is 1.40 bits per heavy atom. The van der Waals surface area contributed by atoms with Gasteiger partial charge in [-0.3, -0.25) is 4.79 Å². The van der Waals surface area contributed by atoms with Crippen molar-refractivity contribution in [1.82, 2.24) is 5.32 Å². The van der Waals surface area contributed by atoms with Crippen LogP contribution in [0, 0.1) is 5.92 Å². The Kier molecular flexibility index (Phi) is 2.60. The fourth-order valence-electron chi connectivity index (χ4n) is 1.94. The van der Waals surface area contributed by atoms with Gasteiger partial charge in [0.2, 0.25) is 0 Å². The third-order valence-electron chi connectivity index (χ3n) is 2.79. The van der Waals surface area contributed by atoms with Gasteiger partial charge in [-0.25, -0.2) is 0 Å². The first kappa shape index (κ1) is 9.98. The molecule has 15 heavy (non-hydrogen) atoms. The van der Waals surface area contributed by atoms with Crippen LogP contribution >= 0.6 is 0 Å². The van der Waals surface area contributed by atoms with Crippen molar-refractivity contribution in [2.45, 2.75) is 12.5 Å². The zero-order chi connectivity index (χ0) is 10.8. The van der Waals surface area contributed by atoms with Crippen LogP contribution in [-0.2, 0) is 4.79 Å². The second kappa shape index (κ2) is 3.90. The van der Waals surface area contributed by atoms with E-state index in [9.17, 15) is 9.90 Å². The summed E-state index contributed by atoms with van der Waals surface area (Å²) in [6, 6.07) is 6.97. The highest BCUT2D eigenvalue weighted by Crippen LogP contribution is 2.32. The van der Waals surface area contributed by atoms with E-state index < -0.39 is 5.97 Å². The van der Waals surface area contributed by atoms with Crippen LogP contribution in [0.15, 0.2) is 24.3 Å². The molecule has 80 valence electrons. The summed E-state index contributed by atoms with van der Waals surface area (Å²) in [6.07, 6.45) is 0.535. The lowest BCUT2D eigenvalue weighted by molar-refractivity contribution is -0.141. The van der Waals surface area contributed by atoms with Crippen LogP contribution in [0.2, 0.25) is 0 Å². The van der Waals surface area contributed by atoms with Crippen LogP contribution in [0.5, 0.6) is 5.75 Å². The zero-order valence-electron chi connectivity index (χ0n) is 8.18. The molecule has 0 aliphatic carbocycles. The molecule has 0 radical (unpaired) electrons. The monoisotopic (exact) mass is 207 g/mol. The van der Waals surface area contributed by atoms with Crippen LogP contribution in [0.25, 0.3) is 0 Å². The predicted molar refractivity (Wildman–Crippen MR) is 54.6 cm³/mol. The van der Waals surface area contributed by atoms with Crippen molar-refractivity contribution >= 4 is 5.97 Å². The summed E-state index contributed by atoms with van der Waals surface area (Å²) < 4.78 is 0. The van der Waals surface area contributed by atoms with Gasteiger partial charge in [-0.05, 0) is 12.5 Å². The van der Waals surface area contributed by atoms with E-state index in [4.69, 9.17) is 5.11 Å². The zero-order valence-corrected chi connectivity index (χ0v) is 8.18. The van der Waals surface area contributed by atoms with Crippen molar-refractivity contribution in [3.63, 3.8) is 0 Å². The molecule has 1 saturated heterocycles. The largest absolute Gasteiger partial charge is 0.508 e. The summed E-state index contributed by atoms with van der Waals surface area (Å²) in [5.41, 5.74) is 0.779. The Morgan fingerprint density at radius 2 is 2.13 bits per heavy atom. The maximum atomic E-state index is 10.8. The van der Waals surface area contributed by atoms with E-state index >= 15 is 0 Å². The minimum absolute atomic E-state index is 0.0488. The summed E-state index contributed by atoms with van der Waals surface area (Å²) >= 11 is 0. The van der Waals surface area contributed by atoms with Crippen molar-refractivity contribution in [2.24, 2.45) is 5.92 Å². The number of hydrogen-bond acceptors (Lipinski definition) is 3. The van der Waals surface area contributed by atoms with E-state index in [1.807, 2.05) is 12.1 Å². The maximum absolute atomic E-state index is 10.8. The van der Waals surface area contributed by atoms with Gasteiger partial charge in [-0.15, -0.1) is 0 Å². The molecule has 0 bridgehead atoms. The number of phenolic OH excluding ortho intramolecular Hbond substituents is 1. The molecule has 4 heteroatoms. The number of carboxylic acid groups (broad SMARTS) is 1. The Bertz CT molecular complexity index is 378. The smallest absolute Gasteiger partial charge is 0.307 e. The average Bonchev–Trinajstić information content (AvgIpc) is 2.67. The highest BCUT2D eigenvalue weighted by molar-refractivity contribution is 5.70. The van der Waals surface area contributed by atoms with Crippen molar-refractivity contribution in [3.05, 3.63) is 29.8 Å². The maximum Gasteiger partial charge on any atom is 0.307 e. The van der Waals surface area contributed by atoms with Gasteiger partial charge >= 0.3 is 5.97 Å². The number of carbonyl (C=O) groups is 1. The molecule has 0 amide bonds. The molecule has 1 heterocycles. The lowest BCUT2D eigenvalue weighted by Gasteiger charge is -2.11. The van der Waals surface area contributed by atoms with Gasteiger partial charge < -0.3 is 15.5 Å². The van der Waals surface area contributed by atoms with Crippen LogP contribution in [0.1, 0.15) is 18.0 Å². The number of para-hydroxylation sites is 1. The molecule has 0 spiro atoms. The van der Waals surface area contributed by atoms with Gasteiger partial charge in [-0.2, -0.15) is 0 Å². The number of aliphatic carboxylic acids is 1. The van der Waals surface area contributed by atoms with Gasteiger partial charge in [0.25, 0.3) is 0 Å². The number of hydrogen-bond donors (Lipinski definition) is 3. The summed E-state index contributed by atoms with van der Waals surface area (Å²) in [5, 5.41) is 21.6. The first-order valence-corrected chi connectivity index (χ1v) is 4.92. The van der Waals surface area contributed by atoms with Crippen LogP contribution in [0.4, 0.5) is 0 Å². The van der Waals surface area contributed by atoms with E-state index in [0.29, 0.717) is 13.0 Å². The SMILES string of the molecule is O=C(O)C1CNC(c2ccccc2O)C1. The third kappa shape index (κ3) is 1.94. The molecule has 2 atom stereocenters. The molecule has 1 aromatic carbocycles.